The van der Waals surface area contributed by atoms with Gasteiger partial charge in [0.05, 0.1) is 0 Å². The van der Waals surface area contributed by atoms with E-state index >= 15 is 0 Å². The second kappa shape index (κ2) is 4.92. The maximum Gasteiger partial charge on any atom is 0.242 e. The molecule has 0 aromatic carbocycles. The number of carbonyl (C=O) groups is 1. The molecule has 0 saturated carbocycles. The first-order chi connectivity index (χ1) is 8.13. The predicted octanol–water partition coefficient (Wildman–Crippen LogP) is 1.30. The van der Waals surface area contributed by atoms with Crippen molar-refractivity contribution in [1.82, 2.24) is 9.47 Å². The Morgan fingerprint density at radius 1 is 1.65 bits per heavy atom. The summed E-state index contributed by atoms with van der Waals surface area (Å²) in [4.78, 5) is 13.6. The van der Waals surface area contributed by atoms with Crippen LogP contribution in [0, 0.1) is 0 Å². The van der Waals surface area contributed by atoms with E-state index in [4.69, 9.17) is 5.73 Å². The molecule has 1 aromatic rings. The lowest BCUT2D eigenvalue weighted by molar-refractivity contribution is -0.130. The molecule has 0 bridgehead atoms. The van der Waals surface area contributed by atoms with Crippen LogP contribution in [0.1, 0.15) is 37.1 Å². The third kappa shape index (κ3) is 2.36. The summed E-state index contributed by atoms with van der Waals surface area (Å²) in [6, 6.07) is 2.22. The Balaban J connectivity index is 2.15. The summed E-state index contributed by atoms with van der Waals surface area (Å²) in [6.07, 6.45) is 5.21. The zero-order valence-corrected chi connectivity index (χ0v) is 10.6. The SMILES string of the molecule is CCN(C)C(=O)Cn1ccc2c1CCCC2N. The molecule has 1 aliphatic carbocycles. The van der Waals surface area contributed by atoms with Gasteiger partial charge in [0.15, 0.2) is 0 Å². The Hall–Kier alpha value is -1.29. The van der Waals surface area contributed by atoms with Crippen molar-refractivity contribution < 1.29 is 4.79 Å². The second-order valence-electron chi connectivity index (χ2n) is 4.75. The van der Waals surface area contributed by atoms with Crippen LogP contribution in [-0.2, 0) is 17.8 Å². The number of carbonyl (C=O) groups excluding carboxylic acids is 1. The van der Waals surface area contributed by atoms with Crippen LogP contribution in [-0.4, -0.2) is 29.0 Å². The Kier molecular flexibility index (Phi) is 3.52. The summed E-state index contributed by atoms with van der Waals surface area (Å²) in [5.41, 5.74) is 8.54. The molecule has 1 atom stereocenters. The summed E-state index contributed by atoms with van der Waals surface area (Å²) in [7, 11) is 1.84. The number of aromatic nitrogens is 1. The first kappa shape index (κ1) is 12.2. The smallest absolute Gasteiger partial charge is 0.242 e. The second-order valence-corrected chi connectivity index (χ2v) is 4.75. The number of nitrogens with zero attached hydrogens (tertiary/aromatic N) is 2. The number of amides is 1. The number of likely N-dealkylation sites (N-methyl/N-ethyl adjacent to an activating group) is 1. The van der Waals surface area contributed by atoms with Gasteiger partial charge in [-0.05, 0) is 37.8 Å². The van der Waals surface area contributed by atoms with Crippen molar-refractivity contribution in [2.75, 3.05) is 13.6 Å². The van der Waals surface area contributed by atoms with Crippen LogP contribution in [0.4, 0.5) is 0 Å². The fraction of sp³-hybridized carbons (Fsp3) is 0.615. The molecule has 1 unspecified atom stereocenters. The third-order valence-corrected chi connectivity index (χ3v) is 3.65. The molecule has 1 aliphatic rings. The molecule has 2 N–H and O–H groups in total. The number of rotatable bonds is 3. The van der Waals surface area contributed by atoms with Crippen molar-refractivity contribution in [2.45, 2.75) is 38.8 Å². The molecule has 0 spiro atoms. The number of nitrogens with two attached hydrogens (primary N) is 1. The Morgan fingerprint density at radius 2 is 2.41 bits per heavy atom. The van der Waals surface area contributed by atoms with Crippen LogP contribution >= 0.6 is 0 Å². The first-order valence-electron chi connectivity index (χ1n) is 6.31. The topological polar surface area (TPSA) is 51.3 Å². The summed E-state index contributed by atoms with van der Waals surface area (Å²) in [5.74, 6) is 0.157. The van der Waals surface area contributed by atoms with Crippen molar-refractivity contribution in [3.05, 3.63) is 23.5 Å². The minimum absolute atomic E-state index is 0.152. The molecule has 0 saturated heterocycles. The van der Waals surface area contributed by atoms with Gasteiger partial charge in [-0.1, -0.05) is 0 Å². The molecule has 94 valence electrons. The van der Waals surface area contributed by atoms with E-state index in [0.717, 1.165) is 25.8 Å². The van der Waals surface area contributed by atoms with Gasteiger partial charge < -0.3 is 15.2 Å². The number of hydrogen-bond donors (Lipinski definition) is 1. The highest BCUT2D eigenvalue weighted by Crippen LogP contribution is 2.28. The summed E-state index contributed by atoms with van der Waals surface area (Å²) < 4.78 is 2.06. The average Bonchev–Trinajstić information content (AvgIpc) is 2.73. The van der Waals surface area contributed by atoms with Crippen LogP contribution in [0.3, 0.4) is 0 Å². The quantitative estimate of drug-likeness (QED) is 0.858. The fourth-order valence-electron chi connectivity index (χ4n) is 2.38. The van der Waals surface area contributed by atoms with Gasteiger partial charge in [0.25, 0.3) is 0 Å². The average molecular weight is 235 g/mol. The van der Waals surface area contributed by atoms with Crippen LogP contribution in [0.25, 0.3) is 0 Å². The standard InChI is InChI=1S/C13H21N3O/c1-3-15(2)13(17)9-16-8-7-10-11(14)5-4-6-12(10)16/h7-8,11H,3-6,9,14H2,1-2H3. The van der Waals surface area contributed by atoms with Crippen LogP contribution < -0.4 is 5.73 Å². The Bertz CT molecular complexity index is 411. The van der Waals surface area contributed by atoms with Crippen molar-refractivity contribution in [2.24, 2.45) is 5.73 Å². The summed E-state index contributed by atoms with van der Waals surface area (Å²) >= 11 is 0. The van der Waals surface area contributed by atoms with Gasteiger partial charge in [-0.2, -0.15) is 0 Å². The fourth-order valence-corrected chi connectivity index (χ4v) is 2.38. The van der Waals surface area contributed by atoms with E-state index in [0.29, 0.717) is 6.54 Å². The Morgan fingerprint density at radius 3 is 3.12 bits per heavy atom. The van der Waals surface area contributed by atoms with Crippen LogP contribution in [0.5, 0.6) is 0 Å². The maximum atomic E-state index is 11.9. The molecule has 17 heavy (non-hydrogen) atoms. The monoisotopic (exact) mass is 235 g/mol. The van der Waals surface area contributed by atoms with Crippen LogP contribution in [0.2, 0.25) is 0 Å². The van der Waals surface area contributed by atoms with Gasteiger partial charge in [0.1, 0.15) is 6.54 Å². The van der Waals surface area contributed by atoms with E-state index in [1.54, 1.807) is 4.90 Å². The zero-order valence-electron chi connectivity index (χ0n) is 10.6. The molecular formula is C13H21N3O. The van der Waals surface area contributed by atoms with Gasteiger partial charge in [-0.3, -0.25) is 4.79 Å². The van der Waals surface area contributed by atoms with E-state index in [-0.39, 0.29) is 11.9 Å². The van der Waals surface area contributed by atoms with E-state index in [1.165, 1.54) is 11.3 Å². The van der Waals surface area contributed by atoms with Crippen molar-refractivity contribution in [3.8, 4) is 0 Å². The van der Waals surface area contributed by atoms with Gasteiger partial charge in [-0.15, -0.1) is 0 Å². The van der Waals surface area contributed by atoms with Crippen molar-refractivity contribution in [1.29, 1.82) is 0 Å². The maximum absolute atomic E-state index is 11.9. The zero-order chi connectivity index (χ0) is 12.4. The minimum Gasteiger partial charge on any atom is -0.344 e. The van der Waals surface area contributed by atoms with E-state index in [2.05, 4.69) is 10.6 Å². The van der Waals surface area contributed by atoms with Gasteiger partial charge in [-0.25, -0.2) is 0 Å². The minimum atomic E-state index is 0.152. The normalized spacial score (nSPS) is 18.9. The molecule has 4 heteroatoms. The lowest BCUT2D eigenvalue weighted by atomic mass is 9.94. The molecule has 2 rings (SSSR count). The molecule has 0 radical (unpaired) electrons. The first-order valence-corrected chi connectivity index (χ1v) is 6.31. The number of hydrogen-bond acceptors (Lipinski definition) is 2. The summed E-state index contributed by atoms with van der Waals surface area (Å²) in [5, 5.41) is 0. The largest absolute Gasteiger partial charge is 0.344 e. The van der Waals surface area contributed by atoms with Gasteiger partial charge in [0.2, 0.25) is 5.91 Å². The van der Waals surface area contributed by atoms with Gasteiger partial charge in [0, 0.05) is 31.5 Å². The Labute approximate surface area is 102 Å². The van der Waals surface area contributed by atoms with Crippen molar-refractivity contribution >= 4 is 5.91 Å². The molecule has 4 nitrogen and oxygen atoms in total. The molecule has 0 fully saturated rings. The highest BCUT2D eigenvalue weighted by molar-refractivity contribution is 5.75. The molecule has 0 aliphatic heterocycles. The number of fused-ring (bicyclic) bond motifs is 1. The lowest BCUT2D eigenvalue weighted by Gasteiger charge is -2.22. The highest BCUT2D eigenvalue weighted by Gasteiger charge is 2.21. The van der Waals surface area contributed by atoms with E-state index in [9.17, 15) is 4.79 Å². The summed E-state index contributed by atoms with van der Waals surface area (Å²) in [6.45, 7) is 3.17. The molecular weight excluding hydrogens is 214 g/mol. The third-order valence-electron chi connectivity index (χ3n) is 3.65. The molecule has 1 heterocycles. The molecule has 1 aromatic heterocycles. The lowest BCUT2D eigenvalue weighted by Crippen LogP contribution is -2.30. The highest BCUT2D eigenvalue weighted by atomic mass is 16.2. The predicted molar refractivity (Wildman–Crippen MR) is 67.6 cm³/mol. The van der Waals surface area contributed by atoms with Crippen molar-refractivity contribution in [3.63, 3.8) is 0 Å². The molecule has 1 amide bonds. The van der Waals surface area contributed by atoms with E-state index in [1.807, 2.05) is 20.2 Å². The van der Waals surface area contributed by atoms with Gasteiger partial charge >= 0.3 is 0 Å². The van der Waals surface area contributed by atoms with E-state index < -0.39 is 0 Å². The van der Waals surface area contributed by atoms with Crippen LogP contribution in [0.15, 0.2) is 12.3 Å².